The van der Waals surface area contributed by atoms with Crippen LogP contribution in [0.2, 0.25) is 0 Å². The van der Waals surface area contributed by atoms with Crippen molar-refractivity contribution in [1.82, 2.24) is 4.31 Å². The van der Waals surface area contributed by atoms with E-state index in [-0.39, 0.29) is 35.5 Å². The predicted molar refractivity (Wildman–Crippen MR) is 73.6 cm³/mol. The number of aliphatic hydroxyl groups is 1. The number of sulfonamides is 1. The molecule has 1 aromatic carbocycles. The normalized spacial score (nSPS) is 15.2. The summed E-state index contributed by atoms with van der Waals surface area (Å²) >= 11 is 0. The van der Waals surface area contributed by atoms with E-state index in [1.807, 2.05) is 0 Å². The highest BCUT2D eigenvalue weighted by Gasteiger charge is 2.39. The van der Waals surface area contributed by atoms with Crippen molar-refractivity contribution in [3.63, 3.8) is 0 Å². The van der Waals surface area contributed by atoms with Gasteiger partial charge < -0.3 is 9.84 Å². The summed E-state index contributed by atoms with van der Waals surface area (Å²) in [6.07, 6.45) is 1.44. The lowest BCUT2D eigenvalue weighted by molar-refractivity contribution is -0.385. The molecule has 0 amide bonds. The Morgan fingerprint density at radius 3 is 2.62 bits per heavy atom. The highest BCUT2D eigenvalue weighted by atomic mass is 32.2. The molecule has 0 bridgehead atoms. The highest BCUT2D eigenvalue weighted by Crippen LogP contribution is 2.36. The molecule has 2 rings (SSSR count). The monoisotopic (exact) mass is 316 g/mol. The van der Waals surface area contributed by atoms with E-state index in [1.165, 1.54) is 23.5 Å². The molecule has 0 aromatic heterocycles. The van der Waals surface area contributed by atoms with Crippen molar-refractivity contribution in [2.24, 2.45) is 0 Å². The van der Waals surface area contributed by atoms with Gasteiger partial charge in [-0.2, -0.15) is 4.31 Å². The number of aliphatic hydroxyl groups excluding tert-OH is 1. The van der Waals surface area contributed by atoms with Crippen LogP contribution >= 0.6 is 0 Å². The number of nitrogens with zero attached hydrogens (tertiary/aromatic N) is 2. The first-order valence-corrected chi connectivity index (χ1v) is 7.81. The van der Waals surface area contributed by atoms with Gasteiger partial charge in [0, 0.05) is 24.7 Å². The summed E-state index contributed by atoms with van der Waals surface area (Å²) < 4.78 is 31.5. The summed E-state index contributed by atoms with van der Waals surface area (Å²) in [7, 11) is -2.66. The molecule has 1 saturated carbocycles. The van der Waals surface area contributed by atoms with E-state index in [1.54, 1.807) is 0 Å². The van der Waals surface area contributed by atoms with Gasteiger partial charge in [0.05, 0.1) is 18.6 Å². The number of nitro benzene ring substituents is 1. The molecular weight excluding hydrogens is 300 g/mol. The van der Waals surface area contributed by atoms with Gasteiger partial charge in [-0.05, 0) is 18.9 Å². The van der Waals surface area contributed by atoms with Crippen molar-refractivity contribution in [3.05, 3.63) is 28.3 Å². The Balaban J connectivity index is 2.51. The molecule has 8 nitrogen and oxygen atoms in total. The Morgan fingerprint density at radius 2 is 2.14 bits per heavy atom. The third-order valence-corrected chi connectivity index (χ3v) is 5.19. The topological polar surface area (TPSA) is 110 Å². The number of non-ortho nitro benzene ring substituents is 1. The minimum Gasteiger partial charge on any atom is -0.495 e. The highest BCUT2D eigenvalue weighted by molar-refractivity contribution is 7.89. The zero-order valence-corrected chi connectivity index (χ0v) is 12.2. The van der Waals surface area contributed by atoms with Crippen LogP contribution in [-0.2, 0) is 10.0 Å². The van der Waals surface area contributed by atoms with E-state index >= 15 is 0 Å². The van der Waals surface area contributed by atoms with Crippen molar-refractivity contribution in [2.75, 3.05) is 20.3 Å². The first kappa shape index (κ1) is 15.7. The van der Waals surface area contributed by atoms with Gasteiger partial charge in [-0.1, -0.05) is 0 Å². The summed E-state index contributed by atoms with van der Waals surface area (Å²) in [6.45, 7) is -0.355. The van der Waals surface area contributed by atoms with Gasteiger partial charge in [-0.25, -0.2) is 8.42 Å². The first-order chi connectivity index (χ1) is 9.91. The molecule has 1 aliphatic carbocycles. The van der Waals surface area contributed by atoms with E-state index in [2.05, 4.69) is 0 Å². The van der Waals surface area contributed by atoms with Crippen LogP contribution < -0.4 is 4.74 Å². The fourth-order valence-corrected chi connectivity index (χ4v) is 3.92. The molecule has 0 heterocycles. The lowest BCUT2D eigenvalue weighted by Gasteiger charge is -2.21. The minimum atomic E-state index is -3.95. The first-order valence-electron chi connectivity index (χ1n) is 6.37. The Morgan fingerprint density at radius 1 is 1.48 bits per heavy atom. The molecule has 116 valence electrons. The van der Waals surface area contributed by atoms with Gasteiger partial charge in [0.25, 0.3) is 5.69 Å². The molecule has 0 saturated heterocycles. The van der Waals surface area contributed by atoms with Crippen LogP contribution in [0.25, 0.3) is 0 Å². The Hall–Kier alpha value is -1.71. The van der Waals surface area contributed by atoms with Gasteiger partial charge >= 0.3 is 0 Å². The van der Waals surface area contributed by atoms with Crippen LogP contribution in [0.5, 0.6) is 5.75 Å². The van der Waals surface area contributed by atoms with E-state index in [4.69, 9.17) is 9.84 Å². The second-order valence-corrected chi connectivity index (χ2v) is 6.52. The minimum absolute atomic E-state index is 0.0428. The molecule has 1 aliphatic rings. The van der Waals surface area contributed by atoms with Crippen molar-refractivity contribution in [1.29, 1.82) is 0 Å². The number of nitro groups is 1. The van der Waals surface area contributed by atoms with Gasteiger partial charge in [0.1, 0.15) is 10.6 Å². The summed E-state index contributed by atoms with van der Waals surface area (Å²) in [5, 5.41) is 19.9. The van der Waals surface area contributed by atoms with Crippen LogP contribution in [0.3, 0.4) is 0 Å². The average molecular weight is 316 g/mol. The zero-order valence-electron chi connectivity index (χ0n) is 11.4. The number of rotatable bonds is 7. The van der Waals surface area contributed by atoms with Crippen molar-refractivity contribution >= 4 is 15.7 Å². The maximum Gasteiger partial charge on any atom is 0.271 e. The number of benzene rings is 1. The second kappa shape index (κ2) is 5.96. The van der Waals surface area contributed by atoms with E-state index in [9.17, 15) is 18.5 Å². The maximum atomic E-state index is 12.7. The second-order valence-electron chi connectivity index (χ2n) is 4.66. The largest absolute Gasteiger partial charge is 0.495 e. The van der Waals surface area contributed by atoms with Gasteiger partial charge in [0.2, 0.25) is 10.0 Å². The van der Waals surface area contributed by atoms with Crippen molar-refractivity contribution in [3.8, 4) is 5.75 Å². The van der Waals surface area contributed by atoms with E-state index in [0.29, 0.717) is 0 Å². The molecule has 0 aliphatic heterocycles. The number of methoxy groups -OCH3 is 1. The van der Waals surface area contributed by atoms with E-state index in [0.717, 1.165) is 18.9 Å². The predicted octanol–water partition coefficient (Wildman–Crippen LogP) is 0.749. The van der Waals surface area contributed by atoms with Crippen LogP contribution in [0.4, 0.5) is 5.69 Å². The zero-order chi connectivity index (χ0) is 15.6. The summed E-state index contributed by atoms with van der Waals surface area (Å²) in [5.41, 5.74) is -0.325. The molecule has 1 fully saturated rings. The Labute approximate surface area is 122 Å². The third-order valence-electron chi connectivity index (χ3n) is 3.22. The standard InChI is InChI=1S/C12H16N2O6S/c1-20-11-5-4-10(14(16)17)8-12(11)21(18,19)13(6-7-15)9-2-3-9/h4-5,8-9,15H,2-3,6-7H2,1H3. The number of hydrogen-bond acceptors (Lipinski definition) is 6. The smallest absolute Gasteiger partial charge is 0.271 e. The van der Waals surface area contributed by atoms with Crippen LogP contribution in [0, 0.1) is 10.1 Å². The SMILES string of the molecule is COc1ccc([N+](=O)[O-])cc1S(=O)(=O)N(CCO)C1CC1. The number of ether oxygens (including phenoxy) is 1. The molecule has 1 aromatic rings. The quantitative estimate of drug-likeness (QED) is 0.587. The third kappa shape index (κ3) is 3.14. The van der Waals surface area contributed by atoms with Crippen LogP contribution in [0.1, 0.15) is 12.8 Å². The molecular formula is C12H16N2O6S. The van der Waals surface area contributed by atoms with Crippen LogP contribution in [-0.4, -0.2) is 49.1 Å². The molecule has 0 spiro atoms. The summed E-state index contributed by atoms with van der Waals surface area (Å²) in [4.78, 5) is 9.93. The van der Waals surface area contributed by atoms with Crippen LogP contribution in [0.15, 0.2) is 23.1 Å². The fourth-order valence-electron chi connectivity index (χ4n) is 2.07. The number of hydrogen-bond donors (Lipinski definition) is 1. The molecule has 0 atom stereocenters. The average Bonchev–Trinajstić information content (AvgIpc) is 3.28. The molecule has 9 heteroatoms. The molecule has 0 radical (unpaired) electrons. The maximum absolute atomic E-state index is 12.7. The lowest BCUT2D eigenvalue weighted by Crippen LogP contribution is -2.35. The molecule has 21 heavy (non-hydrogen) atoms. The lowest BCUT2D eigenvalue weighted by atomic mass is 10.3. The molecule has 0 unspecified atom stereocenters. The Kier molecular flexibility index (Phi) is 4.45. The Bertz CT molecular complexity index is 641. The van der Waals surface area contributed by atoms with Gasteiger partial charge in [-0.3, -0.25) is 10.1 Å². The van der Waals surface area contributed by atoms with Gasteiger partial charge in [0.15, 0.2) is 0 Å². The fraction of sp³-hybridized carbons (Fsp3) is 0.500. The van der Waals surface area contributed by atoms with Crippen molar-refractivity contribution < 1.29 is 23.2 Å². The summed E-state index contributed by atoms with van der Waals surface area (Å²) in [5.74, 6) is 0.0455. The van der Waals surface area contributed by atoms with Crippen molar-refractivity contribution in [2.45, 2.75) is 23.8 Å². The molecule has 1 N–H and O–H groups in total. The van der Waals surface area contributed by atoms with Gasteiger partial charge in [-0.15, -0.1) is 0 Å². The summed E-state index contributed by atoms with van der Waals surface area (Å²) in [6, 6.07) is 3.27. The van der Waals surface area contributed by atoms with E-state index < -0.39 is 14.9 Å².